The van der Waals surface area contributed by atoms with Crippen molar-refractivity contribution in [2.24, 2.45) is 11.8 Å². The summed E-state index contributed by atoms with van der Waals surface area (Å²) in [4.78, 5) is 11.6. The number of carbonyl (C=O) groups excluding carboxylic acids is 1. The van der Waals surface area contributed by atoms with Crippen LogP contribution in [0.25, 0.3) is 0 Å². The third-order valence-corrected chi connectivity index (χ3v) is 4.68. The highest BCUT2D eigenvalue weighted by Gasteiger charge is 2.42. The molecule has 2 rings (SSSR count). The second-order valence-electron chi connectivity index (χ2n) is 4.11. The first kappa shape index (κ1) is 9.25. The van der Waals surface area contributed by atoms with Gasteiger partial charge >= 0.3 is 0 Å². The Morgan fingerprint density at radius 2 is 2.31 bits per heavy atom. The highest BCUT2D eigenvalue weighted by Crippen LogP contribution is 2.43. The number of rotatable bonds is 4. The van der Waals surface area contributed by atoms with E-state index in [-0.39, 0.29) is 16.6 Å². The van der Waals surface area contributed by atoms with Gasteiger partial charge in [0.15, 0.2) is 0 Å². The van der Waals surface area contributed by atoms with Crippen LogP contribution in [0.1, 0.15) is 32.6 Å². The van der Waals surface area contributed by atoms with E-state index >= 15 is 0 Å². The third-order valence-electron chi connectivity index (χ3n) is 2.94. The summed E-state index contributed by atoms with van der Waals surface area (Å²) in [6, 6.07) is 0. The smallest absolute Gasteiger partial charge is 0.232 e. The zero-order valence-corrected chi connectivity index (χ0v) is 8.90. The Morgan fingerprint density at radius 3 is 2.77 bits per heavy atom. The monoisotopic (exact) mass is 199 g/mol. The van der Waals surface area contributed by atoms with E-state index in [2.05, 4.69) is 17.5 Å². The van der Waals surface area contributed by atoms with Gasteiger partial charge in [-0.1, -0.05) is 29.9 Å². The molecule has 0 spiro atoms. The Hall–Kier alpha value is -0.310. The van der Waals surface area contributed by atoms with Crippen LogP contribution < -0.4 is 4.72 Å². The van der Waals surface area contributed by atoms with Crippen molar-refractivity contribution in [2.45, 2.75) is 37.9 Å². The lowest BCUT2D eigenvalue weighted by Crippen LogP contribution is -2.21. The van der Waals surface area contributed by atoms with Crippen LogP contribution in [0, 0.1) is 11.8 Å². The van der Waals surface area contributed by atoms with Crippen LogP contribution in [-0.2, 0) is 4.79 Å². The predicted molar refractivity (Wildman–Crippen MR) is 57.8 cm³/mol. The molecule has 3 heteroatoms. The maximum absolute atomic E-state index is 11.6. The number of amides is 1. The van der Waals surface area contributed by atoms with Gasteiger partial charge in [-0.3, -0.25) is 4.79 Å². The van der Waals surface area contributed by atoms with Crippen LogP contribution in [0.3, 0.4) is 0 Å². The molecular formula is C10H17NOS. The molecule has 0 aromatic carbocycles. The summed E-state index contributed by atoms with van der Waals surface area (Å²) >= 11 is 0. The van der Waals surface area contributed by atoms with Gasteiger partial charge in [0.2, 0.25) is 5.91 Å². The topological polar surface area (TPSA) is 29.1 Å². The van der Waals surface area contributed by atoms with Crippen molar-refractivity contribution >= 4 is 22.4 Å². The molecule has 0 aromatic heterocycles. The van der Waals surface area contributed by atoms with E-state index in [1.165, 1.54) is 12.8 Å². The van der Waals surface area contributed by atoms with Gasteiger partial charge in [0.05, 0.1) is 0 Å². The molecule has 0 saturated heterocycles. The van der Waals surface area contributed by atoms with E-state index in [0.717, 1.165) is 12.8 Å². The number of hydrogen-bond donors (Lipinski definition) is 1. The largest absolute Gasteiger partial charge is 0.306 e. The summed E-state index contributed by atoms with van der Waals surface area (Å²) in [5.41, 5.74) is 0. The standard InChI is InChI=1S/C10H17NOS/c1-3-7-6-9(7)10(12)11-13(2)8-4-5-8/h7-9H,2-6H2,1H3,(H,11,12). The van der Waals surface area contributed by atoms with Crippen molar-refractivity contribution < 1.29 is 4.79 Å². The normalized spacial score (nSPS) is 33.9. The molecular weight excluding hydrogens is 182 g/mol. The minimum Gasteiger partial charge on any atom is -0.306 e. The lowest BCUT2D eigenvalue weighted by atomic mass is 10.2. The second kappa shape index (κ2) is 3.45. The van der Waals surface area contributed by atoms with Gasteiger partial charge in [-0.15, -0.1) is 0 Å². The van der Waals surface area contributed by atoms with E-state index in [9.17, 15) is 4.79 Å². The molecule has 2 saturated carbocycles. The molecule has 0 radical (unpaired) electrons. The molecule has 2 aliphatic rings. The highest BCUT2D eigenvalue weighted by atomic mass is 32.2. The van der Waals surface area contributed by atoms with Crippen molar-refractivity contribution in [3.05, 3.63) is 0 Å². The highest BCUT2D eigenvalue weighted by molar-refractivity contribution is 8.13. The van der Waals surface area contributed by atoms with Crippen molar-refractivity contribution in [3.8, 4) is 0 Å². The van der Waals surface area contributed by atoms with Crippen LogP contribution in [-0.4, -0.2) is 17.0 Å². The molecule has 0 aliphatic heterocycles. The van der Waals surface area contributed by atoms with E-state index in [1.54, 1.807) is 0 Å². The SMILES string of the molecule is C=S(NC(=O)C1CC1CC)C1CC1. The average Bonchev–Trinajstić information content (AvgIpc) is 2.98. The molecule has 74 valence electrons. The van der Waals surface area contributed by atoms with Gasteiger partial charge in [-0.25, -0.2) is 0 Å². The molecule has 1 N–H and O–H groups in total. The third kappa shape index (κ3) is 2.13. The quantitative estimate of drug-likeness (QED) is 0.689. The zero-order chi connectivity index (χ0) is 9.42. The maximum atomic E-state index is 11.6. The predicted octanol–water partition coefficient (Wildman–Crippen LogP) is 1.93. The van der Waals surface area contributed by atoms with Gasteiger partial charge in [0.25, 0.3) is 0 Å². The minimum atomic E-state index is -0.0878. The van der Waals surface area contributed by atoms with Crippen LogP contribution in [0.15, 0.2) is 0 Å². The van der Waals surface area contributed by atoms with Crippen LogP contribution in [0.4, 0.5) is 0 Å². The van der Waals surface area contributed by atoms with Crippen molar-refractivity contribution in [3.63, 3.8) is 0 Å². The van der Waals surface area contributed by atoms with Crippen molar-refractivity contribution in [2.75, 3.05) is 0 Å². The van der Waals surface area contributed by atoms with Gasteiger partial charge in [0.1, 0.15) is 0 Å². The lowest BCUT2D eigenvalue weighted by Gasteiger charge is -2.07. The Labute approximate surface area is 82.2 Å². The van der Waals surface area contributed by atoms with Gasteiger partial charge < -0.3 is 4.72 Å². The lowest BCUT2D eigenvalue weighted by molar-refractivity contribution is -0.120. The molecule has 0 aromatic rings. The summed E-state index contributed by atoms with van der Waals surface area (Å²) in [5, 5.41) is 0.697. The molecule has 2 nitrogen and oxygen atoms in total. The Kier molecular flexibility index (Phi) is 2.45. The summed E-state index contributed by atoms with van der Waals surface area (Å²) in [6.45, 7) is 2.16. The van der Waals surface area contributed by atoms with E-state index in [4.69, 9.17) is 0 Å². The second-order valence-corrected chi connectivity index (χ2v) is 5.83. The molecule has 2 fully saturated rings. The fraction of sp³-hybridized carbons (Fsp3) is 0.800. The molecule has 3 unspecified atom stereocenters. The summed E-state index contributed by atoms with van der Waals surface area (Å²) < 4.78 is 3.05. The first-order chi connectivity index (χ1) is 6.22. The van der Waals surface area contributed by atoms with Crippen molar-refractivity contribution in [1.82, 2.24) is 4.72 Å². The Balaban J connectivity index is 1.75. The summed E-state index contributed by atoms with van der Waals surface area (Å²) in [7, 11) is -0.0878. The molecule has 1 amide bonds. The summed E-state index contributed by atoms with van der Waals surface area (Å²) in [5.74, 6) is 5.24. The number of hydrogen-bond acceptors (Lipinski definition) is 1. The first-order valence-electron chi connectivity index (χ1n) is 5.05. The zero-order valence-electron chi connectivity index (χ0n) is 8.08. The van der Waals surface area contributed by atoms with Crippen LogP contribution in [0.5, 0.6) is 0 Å². The summed E-state index contributed by atoms with van der Waals surface area (Å²) in [6.07, 6.45) is 4.76. The Bertz CT molecular complexity index is 247. The van der Waals surface area contributed by atoms with Gasteiger partial charge in [-0.2, -0.15) is 0 Å². The van der Waals surface area contributed by atoms with E-state index in [0.29, 0.717) is 17.1 Å². The molecule has 3 atom stereocenters. The fourth-order valence-electron chi connectivity index (χ4n) is 1.66. The van der Waals surface area contributed by atoms with Gasteiger partial charge in [0, 0.05) is 11.2 Å². The molecule has 2 aliphatic carbocycles. The maximum Gasteiger partial charge on any atom is 0.232 e. The van der Waals surface area contributed by atoms with Gasteiger partial charge in [-0.05, 0) is 25.2 Å². The molecule has 0 bridgehead atoms. The van der Waals surface area contributed by atoms with Crippen LogP contribution >= 0.6 is 10.7 Å². The molecule has 0 heterocycles. The average molecular weight is 199 g/mol. The minimum absolute atomic E-state index is 0.0878. The Morgan fingerprint density at radius 1 is 1.62 bits per heavy atom. The molecule has 13 heavy (non-hydrogen) atoms. The fourth-order valence-corrected chi connectivity index (χ4v) is 2.94. The first-order valence-corrected chi connectivity index (χ1v) is 6.51. The van der Waals surface area contributed by atoms with E-state index < -0.39 is 0 Å². The van der Waals surface area contributed by atoms with Crippen molar-refractivity contribution in [1.29, 1.82) is 0 Å². The number of carbonyl (C=O) groups is 1. The van der Waals surface area contributed by atoms with E-state index in [1.807, 2.05) is 0 Å². The number of nitrogens with one attached hydrogen (secondary N) is 1. The van der Waals surface area contributed by atoms with Crippen LogP contribution in [0.2, 0.25) is 0 Å².